The van der Waals surface area contributed by atoms with Crippen LogP contribution in [0, 0.1) is 0 Å². The molecule has 1 heterocycles. The van der Waals surface area contributed by atoms with E-state index in [-0.39, 0.29) is 24.9 Å². The third kappa shape index (κ3) is 4.00. The molecule has 3 aromatic rings. The first kappa shape index (κ1) is 21.3. The van der Waals surface area contributed by atoms with Crippen LogP contribution in [0.1, 0.15) is 33.8 Å². The Morgan fingerprint density at radius 1 is 0.970 bits per heavy atom. The van der Waals surface area contributed by atoms with Crippen LogP contribution >= 0.6 is 11.8 Å². The van der Waals surface area contributed by atoms with E-state index < -0.39 is 17.2 Å². The first-order chi connectivity index (χ1) is 16.0. The van der Waals surface area contributed by atoms with E-state index in [1.54, 1.807) is 18.2 Å². The number of nitrogens with one attached hydrogen (secondary N) is 1. The van der Waals surface area contributed by atoms with Crippen molar-refractivity contribution < 1.29 is 23.9 Å². The van der Waals surface area contributed by atoms with Gasteiger partial charge < -0.3 is 14.8 Å². The predicted molar refractivity (Wildman–Crippen MR) is 125 cm³/mol. The van der Waals surface area contributed by atoms with E-state index in [2.05, 4.69) is 34.3 Å². The van der Waals surface area contributed by atoms with Crippen molar-refractivity contribution in [2.75, 3.05) is 19.0 Å². The van der Waals surface area contributed by atoms with Crippen molar-refractivity contribution in [3.8, 4) is 11.1 Å². The summed E-state index contributed by atoms with van der Waals surface area (Å²) in [5, 5.41) is 2.22. The molecule has 1 aliphatic carbocycles. The molecule has 1 unspecified atom stereocenters. The van der Waals surface area contributed by atoms with Gasteiger partial charge in [-0.2, -0.15) is 0 Å². The van der Waals surface area contributed by atoms with Gasteiger partial charge in [0.05, 0.1) is 30.0 Å². The molecule has 2 aliphatic rings. The largest absolute Gasteiger partial charge is 0.469 e. The van der Waals surface area contributed by atoms with Gasteiger partial charge in [-0.05, 0) is 40.5 Å². The molecule has 0 spiro atoms. The Bertz CT molecular complexity index is 1230. The smallest absolute Gasteiger partial charge is 0.338 e. The minimum Gasteiger partial charge on any atom is -0.469 e. The zero-order valence-corrected chi connectivity index (χ0v) is 18.7. The molecule has 5 rings (SSSR count). The minimum atomic E-state index is -0.565. The molecule has 1 atom stereocenters. The van der Waals surface area contributed by atoms with Crippen LogP contribution in [0.4, 0.5) is 5.69 Å². The van der Waals surface area contributed by atoms with Crippen LogP contribution in [0.15, 0.2) is 71.6 Å². The molecule has 0 saturated carbocycles. The molecule has 0 saturated heterocycles. The second kappa shape index (κ2) is 8.75. The number of rotatable bonds is 5. The van der Waals surface area contributed by atoms with Crippen LogP contribution in [0.5, 0.6) is 0 Å². The lowest BCUT2D eigenvalue weighted by Crippen LogP contribution is -2.31. The van der Waals surface area contributed by atoms with Crippen molar-refractivity contribution in [3.63, 3.8) is 0 Å². The van der Waals surface area contributed by atoms with Crippen molar-refractivity contribution in [1.29, 1.82) is 0 Å². The van der Waals surface area contributed by atoms with E-state index in [0.29, 0.717) is 11.3 Å². The van der Waals surface area contributed by atoms with E-state index in [9.17, 15) is 14.4 Å². The van der Waals surface area contributed by atoms with Gasteiger partial charge in [0.25, 0.3) is 0 Å². The Labute approximate surface area is 195 Å². The van der Waals surface area contributed by atoms with Crippen LogP contribution in [0.25, 0.3) is 11.1 Å². The summed E-state index contributed by atoms with van der Waals surface area (Å²) < 4.78 is 10.4. The molecule has 0 radical (unpaired) electrons. The van der Waals surface area contributed by atoms with E-state index in [4.69, 9.17) is 4.74 Å². The highest BCUT2D eigenvalue weighted by atomic mass is 32.2. The molecule has 6 nitrogen and oxygen atoms in total. The zero-order chi connectivity index (χ0) is 22.9. The summed E-state index contributed by atoms with van der Waals surface area (Å²) in [6.45, 7) is 0.228. The predicted octanol–water partition coefficient (Wildman–Crippen LogP) is 4.63. The average Bonchev–Trinajstić information content (AvgIpc) is 3.16. The van der Waals surface area contributed by atoms with Gasteiger partial charge in [0.15, 0.2) is 0 Å². The second-order valence-corrected chi connectivity index (χ2v) is 9.16. The number of esters is 2. The Hall–Kier alpha value is -3.58. The fourth-order valence-corrected chi connectivity index (χ4v) is 5.40. The van der Waals surface area contributed by atoms with Gasteiger partial charge in [-0.1, -0.05) is 48.5 Å². The fourth-order valence-electron chi connectivity index (χ4n) is 4.33. The molecule has 1 N–H and O–H groups in total. The standard InChI is InChI=1S/C26H21NO5S/c1-31-24(28)13-23-25(29)27-21-12-15(10-11-22(21)33-23)26(30)32-14-20-18-8-4-2-6-16(18)17-7-3-5-9-19(17)20/h2-12,20,23H,13-14H2,1H3,(H,27,29). The number of ether oxygens (including phenoxy) is 2. The van der Waals surface area contributed by atoms with Crippen LogP contribution < -0.4 is 5.32 Å². The maximum Gasteiger partial charge on any atom is 0.338 e. The number of methoxy groups -OCH3 is 1. The van der Waals surface area contributed by atoms with Crippen molar-refractivity contribution in [2.24, 2.45) is 0 Å². The summed E-state index contributed by atoms with van der Waals surface area (Å²) in [5.41, 5.74) is 5.54. The number of carbonyl (C=O) groups excluding carboxylic acids is 3. The van der Waals surface area contributed by atoms with Crippen LogP contribution in [0.2, 0.25) is 0 Å². The van der Waals surface area contributed by atoms with Crippen molar-refractivity contribution >= 4 is 35.3 Å². The highest BCUT2D eigenvalue weighted by Crippen LogP contribution is 2.44. The molecule has 0 aromatic heterocycles. The van der Waals surface area contributed by atoms with Gasteiger partial charge in [0, 0.05) is 10.8 Å². The lowest BCUT2D eigenvalue weighted by atomic mass is 9.98. The quantitative estimate of drug-likeness (QED) is 0.560. The van der Waals surface area contributed by atoms with E-state index in [1.807, 2.05) is 24.3 Å². The van der Waals surface area contributed by atoms with Gasteiger partial charge in [-0.25, -0.2) is 4.79 Å². The molecular formula is C26H21NO5S. The normalized spacial score (nSPS) is 16.3. The van der Waals surface area contributed by atoms with Gasteiger partial charge in [-0.3, -0.25) is 9.59 Å². The van der Waals surface area contributed by atoms with Gasteiger partial charge in [0.2, 0.25) is 5.91 Å². The number of benzene rings is 3. The van der Waals surface area contributed by atoms with E-state index in [1.165, 1.54) is 30.0 Å². The number of thioether (sulfide) groups is 1. The lowest BCUT2D eigenvalue weighted by molar-refractivity contribution is -0.141. The highest BCUT2D eigenvalue weighted by Gasteiger charge is 2.31. The molecule has 33 heavy (non-hydrogen) atoms. The number of anilines is 1. The molecule has 1 aliphatic heterocycles. The summed E-state index contributed by atoms with van der Waals surface area (Å²) in [7, 11) is 1.29. The minimum absolute atomic E-state index is 0.0133. The monoisotopic (exact) mass is 459 g/mol. The topological polar surface area (TPSA) is 81.7 Å². The molecular weight excluding hydrogens is 438 g/mol. The summed E-state index contributed by atoms with van der Waals surface area (Å²) in [4.78, 5) is 37.5. The Kier molecular flexibility index (Phi) is 5.64. The van der Waals surface area contributed by atoms with Crippen LogP contribution in [-0.2, 0) is 19.1 Å². The second-order valence-electron chi connectivity index (χ2n) is 7.91. The molecule has 7 heteroatoms. The summed E-state index contributed by atoms with van der Waals surface area (Å²) in [5.74, 6) is -1.20. The molecule has 0 fully saturated rings. The van der Waals surface area contributed by atoms with Crippen LogP contribution in [0.3, 0.4) is 0 Å². The van der Waals surface area contributed by atoms with Gasteiger partial charge >= 0.3 is 11.9 Å². The van der Waals surface area contributed by atoms with Crippen molar-refractivity contribution in [2.45, 2.75) is 22.5 Å². The first-order valence-electron chi connectivity index (χ1n) is 10.6. The third-order valence-electron chi connectivity index (χ3n) is 5.96. The molecule has 1 amide bonds. The van der Waals surface area contributed by atoms with Crippen molar-refractivity contribution in [1.82, 2.24) is 0 Å². The fraction of sp³-hybridized carbons (Fsp3) is 0.192. The maximum absolute atomic E-state index is 12.8. The van der Waals surface area contributed by atoms with Crippen LogP contribution in [-0.4, -0.2) is 36.8 Å². The number of fused-ring (bicyclic) bond motifs is 4. The summed E-state index contributed by atoms with van der Waals surface area (Å²) in [6.07, 6.45) is -0.0133. The van der Waals surface area contributed by atoms with Crippen molar-refractivity contribution in [3.05, 3.63) is 83.4 Å². The zero-order valence-electron chi connectivity index (χ0n) is 17.9. The third-order valence-corrected chi connectivity index (χ3v) is 7.23. The van der Waals surface area contributed by atoms with Gasteiger partial charge in [-0.15, -0.1) is 11.8 Å². The lowest BCUT2D eigenvalue weighted by Gasteiger charge is -2.23. The summed E-state index contributed by atoms with van der Waals surface area (Å²) >= 11 is 1.28. The maximum atomic E-state index is 12.8. The number of amides is 1. The van der Waals surface area contributed by atoms with E-state index in [0.717, 1.165) is 16.0 Å². The first-order valence-corrected chi connectivity index (χ1v) is 11.5. The Balaban J connectivity index is 1.31. The Morgan fingerprint density at radius 3 is 2.30 bits per heavy atom. The number of carbonyl (C=O) groups is 3. The number of hydrogen-bond donors (Lipinski definition) is 1. The molecule has 166 valence electrons. The SMILES string of the molecule is COC(=O)CC1Sc2ccc(C(=O)OCC3c4ccccc4-c4ccccc43)cc2NC1=O. The molecule has 3 aromatic carbocycles. The van der Waals surface area contributed by atoms with Gasteiger partial charge in [0.1, 0.15) is 6.61 Å². The molecule has 0 bridgehead atoms. The average molecular weight is 460 g/mol. The highest BCUT2D eigenvalue weighted by molar-refractivity contribution is 8.01. The van der Waals surface area contributed by atoms with E-state index >= 15 is 0 Å². The Morgan fingerprint density at radius 2 is 1.64 bits per heavy atom. The number of hydrogen-bond acceptors (Lipinski definition) is 6. The summed E-state index contributed by atoms with van der Waals surface area (Å²) in [6, 6.07) is 21.4.